The van der Waals surface area contributed by atoms with Gasteiger partial charge in [0.1, 0.15) is 5.75 Å². The number of rotatable bonds is 5. The van der Waals surface area contributed by atoms with Gasteiger partial charge in [-0.15, -0.1) is 0 Å². The molecule has 1 saturated heterocycles. The van der Waals surface area contributed by atoms with E-state index in [1.54, 1.807) is 7.11 Å². The van der Waals surface area contributed by atoms with Crippen LogP contribution in [0.2, 0.25) is 0 Å². The van der Waals surface area contributed by atoms with Crippen LogP contribution in [0.1, 0.15) is 22.8 Å². The van der Waals surface area contributed by atoms with E-state index in [0.29, 0.717) is 5.92 Å². The minimum atomic E-state index is 0.0760. The van der Waals surface area contributed by atoms with Crippen LogP contribution in [0.5, 0.6) is 5.75 Å². The van der Waals surface area contributed by atoms with E-state index in [2.05, 4.69) is 36.1 Å². The maximum absolute atomic E-state index is 12.8. The van der Waals surface area contributed by atoms with Crippen LogP contribution in [-0.2, 0) is 6.54 Å². The first kappa shape index (κ1) is 15.8. The van der Waals surface area contributed by atoms with Crippen molar-refractivity contribution in [1.82, 2.24) is 4.90 Å². The first-order valence-corrected chi connectivity index (χ1v) is 8.12. The van der Waals surface area contributed by atoms with Crippen LogP contribution in [0.3, 0.4) is 0 Å². The number of hydrogen-bond donors (Lipinski definition) is 0. The normalized spacial score (nSPS) is 21.3. The standard InChI is InChI=1S/C20H23NO2/c1-15-12-21(13-16-6-4-3-5-7-16)14-19(15)20(22)17-8-10-18(23-2)11-9-17/h3-11,15,19H,12-14H2,1-2H3. The lowest BCUT2D eigenvalue weighted by molar-refractivity contribution is 0.0902. The highest BCUT2D eigenvalue weighted by molar-refractivity contribution is 5.98. The molecule has 2 atom stereocenters. The Kier molecular flexibility index (Phi) is 4.77. The summed E-state index contributed by atoms with van der Waals surface area (Å²) in [6.07, 6.45) is 0. The predicted octanol–water partition coefficient (Wildman–Crippen LogP) is 3.65. The molecule has 1 fully saturated rings. The molecule has 1 aliphatic rings. The molecular formula is C20H23NO2. The third-order valence-electron chi connectivity index (χ3n) is 4.65. The molecule has 23 heavy (non-hydrogen) atoms. The first-order valence-electron chi connectivity index (χ1n) is 8.12. The van der Waals surface area contributed by atoms with E-state index >= 15 is 0 Å². The lowest BCUT2D eigenvalue weighted by Gasteiger charge is -2.15. The molecule has 0 saturated carbocycles. The largest absolute Gasteiger partial charge is 0.497 e. The van der Waals surface area contributed by atoms with E-state index in [4.69, 9.17) is 4.74 Å². The van der Waals surface area contributed by atoms with Crippen LogP contribution in [0.25, 0.3) is 0 Å². The molecule has 0 aliphatic carbocycles. The van der Waals surface area contributed by atoms with Gasteiger partial charge in [0, 0.05) is 31.1 Å². The second kappa shape index (κ2) is 6.97. The van der Waals surface area contributed by atoms with Gasteiger partial charge in [0.05, 0.1) is 7.11 Å². The summed E-state index contributed by atoms with van der Waals surface area (Å²) in [5, 5.41) is 0. The monoisotopic (exact) mass is 309 g/mol. The van der Waals surface area contributed by atoms with Crippen molar-refractivity contribution in [3.8, 4) is 5.75 Å². The van der Waals surface area contributed by atoms with Crippen molar-refractivity contribution in [2.24, 2.45) is 11.8 Å². The van der Waals surface area contributed by atoms with Gasteiger partial charge in [0.2, 0.25) is 0 Å². The lowest BCUT2D eigenvalue weighted by Crippen LogP contribution is -2.23. The zero-order valence-corrected chi connectivity index (χ0v) is 13.7. The number of ketones is 1. The topological polar surface area (TPSA) is 29.5 Å². The molecule has 0 N–H and O–H groups in total. The van der Waals surface area contributed by atoms with Crippen LogP contribution in [-0.4, -0.2) is 30.9 Å². The average molecular weight is 309 g/mol. The van der Waals surface area contributed by atoms with Crippen molar-refractivity contribution in [1.29, 1.82) is 0 Å². The third kappa shape index (κ3) is 3.62. The van der Waals surface area contributed by atoms with Crippen LogP contribution in [0, 0.1) is 11.8 Å². The van der Waals surface area contributed by atoms with Crippen LogP contribution >= 0.6 is 0 Å². The van der Waals surface area contributed by atoms with Gasteiger partial charge in [0.25, 0.3) is 0 Å². The Morgan fingerprint density at radius 3 is 2.43 bits per heavy atom. The summed E-state index contributed by atoms with van der Waals surface area (Å²) < 4.78 is 5.16. The number of benzene rings is 2. The minimum Gasteiger partial charge on any atom is -0.497 e. The highest BCUT2D eigenvalue weighted by Gasteiger charge is 2.34. The van der Waals surface area contributed by atoms with Crippen LogP contribution < -0.4 is 4.74 Å². The van der Waals surface area contributed by atoms with Crippen molar-refractivity contribution in [3.05, 3.63) is 65.7 Å². The zero-order valence-electron chi connectivity index (χ0n) is 13.7. The van der Waals surface area contributed by atoms with E-state index in [-0.39, 0.29) is 11.7 Å². The van der Waals surface area contributed by atoms with Gasteiger partial charge in [-0.25, -0.2) is 0 Å². The summed E-state index contributed by atoms with van der Waals surface area (Å²) in [6, 6.07) is 17.9. The van der Waals surface area contributed by atoms with Gasteiger partial charge in [-0.3, -0.25) is 9.69 Å². The number of methoxy groups -OCH3 is 1. The quantitative estimate of drug-likeness (QED) is 0.790. The molecule has 1 aliphatic heterocycles. The Morgan fingerprint density at radius 1 is 1.09 bits per heavy atom. The zero-order chi connectivity index (χ0) is 16.2. The molecule has 2 aromatic rings. The SMILES string of the molecule is COc1ccc(C(=O)C2CN(Cc3ccccc3)CC2C)cc1. The molecule has 3 rings (SSSR count). The van der Waals surface area contributed by atoms with Crippen molar-refractivity contribution in [2.75, 3.05) is 20.2 Å². The van der Waals surface area contributed by atoms with Gasteiger partial charge in [-0.1, -0.05) is 37.3 Å². The van der Waals surface area contributed by atoms with Gasteiger partial charge in [-0.2, -0.15) is 0 Å². The van der Waals surface area contributed by atoms with E-state index in [1.807, 2.05) is 30.3 Å². The van der Waals surface area contributed by atoms with Gasteiger partial charge in [-0.05, 0) is 35.7 Å². The Hall–Kier alpha value is -2.13. The highest BCUT2D eigenvalue weighted by Crippen LogP contribution is 2.28. The number of carbonyl (C=O) groups excluding carboxylic acids is 1. The number of carbonyl (C=O) groups is 1. The molecular weight excluding hydrogens is 286 g/mol. The average Bonchev–Trinajstić information content (AvgIpc) is 2.95. The van der Waals surface area contributed by atoms with E-state index in [0.717, 1.165) is 30.9 Å². The Morgan fingerprint density at radius 2 is 1.78 bits per heavy atom. The molecule has 3 nitrogen and oxygen atoms in total. The summed E-state index contributed by atoms with van der Waals surface area (Å²) in [5.74, 6) is 1.49. The molecule has 0 radical (unpaired) electrons. The number of Topliss-reactive ketones (excluding diaryl/α,β-unsaturated/α-hetero) is 1. The molecule has 0 amide bonds. The fourth-order valence-corrected chi connectivity index (χ4v) is 3.35. The number of likely N-dealkylation sites (tertiary alicyclic amines) is 1. The second-order valence-corrected chi connectivity index (χ2v) is 6.36. The maximum Gasteiger partial charge on any atom is 0.167 e. The highest BCUT2D eigenvalue weighted by atomic mass is 16.5. The van der Waals surface area contributed by atoms with Crippen molar-refractivity contribution in [3.63, 3.8) is 0 Å². The van der Waals surface area contributed by atoms with Gasteiger partial charge in [0.15, 0.2) is 5.78 Å². The molecule has 3 heteroatoms. The van der Waals surface area contributed by atoms with Crippen molar-refractivity contribution >= 4 is 5.78 Å². The van der Waals surface area contributed by atoms with Crippen LogP contribution in [0.15, 0.2) is 54.6 Å². The predicted molar refractivity (Wildman–Crippen MR) is 91.7 cm³/mol. The molecule has 2 unspecified atom stereocenters. The second-order valence-electron chi connectivity index (χ2n) is 6.36. The lowest BCUT2D eigenvalue weighted by atomic mass is 9.90. The van der Waals surface area contributed by atoms with E-state index < -0.39 is 0 Å². The summed E-state index contributed by atoms with van der Waals surface area (Å²) in [4.78, 5) is 15.2. The molecule has 0 bridgehead atoms. The Bertz CT molecular complexity index is 651. The summed E-state index contributed by atoms with van der Waals surface area (Å²) in [7, 11) is 1.64. The molecule has 2 aromatic carbocycles. The summed E-state index contributed by atoms with van der Waals surface area (Å²) in [5.41, 5.74) is 2.08. The fourth-order valence-electron chi connectivity index (χ4n) is 3.35. The maximum atomic E-state index is 12.8. The number of nitrogens with zero attached hydrogens (tertiary/aromatic N) is 1. The molecule has 120 valence electrons. The molecule has 1 heterocycles. The Labute approximate surface area is 137 Å². The molecule has 0 spiro atoms. The van der Waals surface area contributed by atoms with Gasteiger partial charge >= 0.3 is 0 Å². The fraction of sp³-hybridized carbons (Fsp3) is 0.350. The van der Waals surface area contributed by atoms with Gasteiger partial charge < -0.3 is 4.74 Å². The summed E-state index contributed by atoms with van der Waals surface area (Å²) >= 11 is 0. The minimum absolute atomic E-state index is 0.0760. The smallest absolute Gasteiger partial charge is 0.167 e. The van der Waals surface area contributed by atoms with Crippen LogP contribution in [0.4, 0.5) is 0 Å². The number of ether oxygens (including phenoxy) is 1. The molecule has 0 aromatic heterocycles. The first-order chi connectivity index (χ1) is 11.2. The van der Waals surface area contributed by atoms with Crippen molar-refractivity contribution < 1.29 is 9.53 Å². The number of hydrogen-bond acceptors (Lipinski definition) is 3. The third-order valence-corrected chi connectivity index (χ3v) is 4.65. The summed E-state index contributed by atoms with van der Waals surface area (Å²) in [6.45, 7) is 4.90. The van der Waals surface area contributed by atoms with E-state index in [1.165, 1.54) is 5.56 Å². The van der Waals surface area contributed by atoms with Crippen molar-refractivity contribution in [2.45, 2.75) is 13.5 Å². The Balaban J connectivity index is 1.66. The van der Waals surface area contributed by atoms with E-state index in [9.17, 15) is 4.79 Å².